The third-order valence-corrected chi connectivity index (χ3v) is 12.5. The number of aliphatic hydroxyl groups excluding tert-OH is 5. The molecule has 8 unspecified atom stereocenters. The highest BCUT2D eigenvalue weighted by atomic mass is 16.7. The summed E-state index contributed by atoms with van der Waals surface area (Å²) in [6.07, 6.45) is 51.8. The third-order valence-electron chi connectivity index (χ3n) is 12.5. The van der Waals surface area contributed by atoms with Crippen LogP contribution in [0.2, 0.25) is 0 Å². The van der Waals surface area contributed by atoms with Gasteiger partial charge in [0.05, 0.1) is 25.4 Å². The largest absolute Gasteiger partial charge is 0.454 e. The zero-order chi connectivity index (χ0) is 51.8. The van der Waals surface area contributed by atoms with E-state index in [0.717, 1.165) is 77.0 Å². The predicted octanol–water partition coefficient (Wildman–Crippen LogP) is 12.4. The molecule has 0 radical (unpaired) electrons. The number of nitrogens with one attached hydrogen (secondary N) is 1. The molecule has 6 N–H and O–H groups in total. The molecule has 0 aromatic rings. The van der Waals surface area contributed by atoms with Crippen LogP contribution in [-0.4, -0.2) is 99.6 Å². The maximum Gasteiger partial charge on any atom is 0.306 e. The summed E-state index contributed by atoms with van der Waals surface area (Å²) in [6, 6.07) is -1.05. The number of aliphatic hydroxyl groups is 5. The van der Waals surface area contributed by atoms with E-state index in [1.54, 1.807) is 6.08 Å². The number of hydrogen-bond donors (Lipinski definition) is 6. The van der Waals surface area contributed by atoms with Crippen LogP contribution in [-0.2, 0) is 23.8 Å². The number of carbonyl (C=O) groups is 2. The Hall–Kier alpha value is -3.42. The van der Waals surface area contributed by atoms with E-state index in [2.05, 4.69) is 99.0 Å². The monoisotopic (exact) mass is 996 g/mol. The van der Waals surface area contributed by atoms with Crippen LogP contribution in [0.3, 0.4) is 0 Å². The average molecular weight is 996 g/mol. The minimum Gasteiger partial charge on any atom is -0.454 e. The molecule has 1 fully saturated rings. The Kier molecular flexibility index (Phi) is 44.0. The SMILES string of the molecule is CC/C=C\C/C=C\C/C=C\C/C=C\C/C=C\C/C=C\CCC(=O)OC1C(OCC(NC(=O)C(O)CCCC/C=C\CCCCCCCC)C(O)/C=C/CCCCCCCCCCC)OC(CO)C(O)C1O. The van der Waals surface area contributed by atoms with Gasteiger partial charge in [-0.15, -0.1) is 0 Å². The number of esters is 1. The summed E-state index contributed by atoms with van der Waals surface area (Å²) >= 11 is 0. The van der Waals surface area contributed by atoms with Crippen molar-refractivity contribution in [1.82, 2.24) is 5.32 Å². The van der Waals surface area contributed by atoms with Crippen LogP contribution in [0.1, 0.15) is 207 Å². The Labute approximate surface area is 431 Å². The Morgan fingerprint density at radius 3 is 1.52 bits per heavy atom. The number of rotatable bonds is 45. The molecule has 8 atom stereocenters. The molecule has 0 spiro atoms. The fraction of sp³-hybridized carbons (Fsp3) is 0.700. The highest BCUT2D eigenvalue weighted by Crippen LogP contribution is 2.26. The number of unbranched alkanes of at least 4 members (excludes halogenated alkanes) is 17. The zero-order valence-electron chi connectivity index (χ0n) is 44.6. The van der Waals surface area contributed by atoms with E-state index >= 15 is 0 Å². The van der Waals surface area contributed by atoms with Gasteiger partial charge in [0.1, 0.15) is 24.4 Å². The molecule has 406 valence electrons. The predicted molar refractivity (Wildman–Crippen MR) is 292 cm³/mol. The molecule has 71 heavy (non-hydrogen) atoms. The minimum absolute atomic E-state index is 0.00779. The van der Waals surface area contributed by atoms with Crippen LogP contribution in [0.15, 0.2) is 97.2 Å². The topological polar surface area (TPSA) is 175 Å². The summed E-state index contributed by atoms with van der Waals surface area (Å²) in [6.45, 7) is 5.57. The van der Waals surface area contributed by atoms with Crippen molar-refractivity contribution >= 4 is 11.9 Å². The lowest BCUT2D eigenvalue weighted by Gasteiger charge is -2.41. The number of allylic oxidation sites excluding steroid dienone is 15. The standard InChI is InChI=1S/C60H101NO10/c1-4-7-10-13-16-19-22-24-25-26-27-28-29-30-33-36-39-42-45-48-55(65)71-58-57(67)56(66)54(49-62)70-60(58)69-50-51(52(63)46-43-40-37-34-31-21-18-15-12-9-6-3)61-59(68)53(64)47-44-41-38-35-32-23-20-17-14-11-8-5-2/h7,10,16,19,24-25,27-28,30,32-33,35,39,42-43,46,51-54,56-58,60,62-64,66-67H,4-6,8-9,11-15,17-18,20-23,26,29,31,34,36-38,40-41,44-45,47-50H2,1-3H3,(H,61,68)/b10-7-,19-16-,25-24-,28-27-,33-30-,35-32-,42-39-,46-43+. The van der Waals surface area contributed by atoms with Crippen molar-refractivity contribution in [3.63, 3.8) is 0 Å². The summed E-state index contributed by atoms with van der Waals surface area (Å²) < 4.78 is 17.5. The number of carbonyl (C=O) groups excluding carboxylic acids is 2. The Bertz CT molecular complexity index is 1520. The van der Waals surface area contributed by atoms with Crippen molar-refractivity contribution in [2.45, 2.75) is 256 Å². The van der Waals surface area contributed by atoms with Crippen LogP contribution in [0, 0.1) is 0 Å². The minimum atomic E-state index is -1.65. The quantitative estimate of drug-likeness (QED) is 0.0196. The second-order valence-corrected chi connectivity index (χ2v) is 18.9. The van der Waals surface area contributed by atoms with Gasteiger partial charge in [0, 0.05) is 6.42 Å². The molecule has 1 heterocycles. The van der Waals surface area contributed by atoms with Crippen LogP contribution in [0.4, 0.5) is 0 Å². The first-order valence-corrected chi connectivity index (χ1v) is 28.0. The zero-order valence-corrected chi connectivity index (χ0v) is 44.6. The van der Waals surface area contributed by atoms with E-state index in [1.165, 1.54) is 77.0 Å². The molecule has 1 aliphatic heterocycles. The maximum absolute atomic E-state index is 13.3. The van der Waals surface area contributed by atoms with E-state index in [4.69, 9.17) is 14.2 Å². The van der Waals surface area contributed by atoms with Crippen LogP contribution in [0.5, 0.6) is 0 Å². The first-order valence-electron chi connectivity index (χ1n) is 28.0. The molecule has 11 heteroatoms. The summed E-state index contributed by atoms with van der Waals surface area (Å²) in [5, 5.41) is 56.6. The van der Waals surface area contributed by atoms with Crippen LogP contribution in [0.25, 0.3) is 0 Å². The molecule has 1 saturated heterocycles. The van der Waals surface area contributed by atoms with E-state index < -0.39 is 67.4 Å². The van der Waals surface area contributed by atoms with Crippen molar-refractivity contribution in [3.05, 3.63) is 97.2 Å². The van der Waals surface area contributed by atoms with Gasteiger partial charge in [0.2, 0.25) is 5.91 Å². The van der Waals surface area contributed by atoms with E-state index in [9.17, 15) is 35.1 Å². The molecule has 11 nitrogen and oxygen atoms in total. The Morgan fingerprint density at radius 2 is 1.01 bits per heavy atom. The number of hydrogen-bond acceptors (Lipinski definition) is 10. The van der Waals surface area contributed by atoms with Crippen LogP contribution < -0.4 is 5.32 Å². The molecule has 1 amide bonds. The van der Waals surface area contributed by atoms with Crippen molar-refractivity contribution in [2.75, 3.05) is 13.2 Å². The molecule has 0 aliphatic carbocycles. The molecule has 1 rings (SSSR count). The summed E-state index contributed by atoms with van der Waals surface area (Å²) in [7, 11) is 0. The maximum atomic E-state index is 13.3. The molecule has 0 aromatic carbocycles. The lowest BCUT2D eigenvalue weighted by atomic mass is 9.99. The van der Waals surface area contributed by atoms with E-state index in [1.807, 2.05) is 18.2 Å². The lowest BCUT2D eigenvalue weighted by Crippen LogP contribution is -2.61. The van der Waals surface area contributed by atoms with Crippen molar-refractivity contribution in [3.8, 4) is 0 Å². The highest BCUT2D eigenvalue weighted by molar-refractivity contribution is 5.80. The Balaban J connectivity index is 2.79. The second-order valence-electron chi connectivity index (χ2n) is 18.9. The van der Waals surface area contributed by atoms with E-state index in [0.29, 0.717) is 19.3 Å². The third kappa shape index (κ3) is 36.2. The summed E-state index contributed by atoms with van der Waals surface area (Å²) in [4.78, 5) is 26.4. The smallest absolute Gasteiger partial charge is 0.306 e. The van der Waals surface area contributed by atoms with Gasteiger partial charge in [0.25, 0.3) is 0 Å². The number of amides is 1. The van der Waals surface area contributed by atoms with E-state index in [-0.39, 0.29) is 19.4 Å². The lowest BCUT2D eigenvalue weighted by molar-refractivity contribution is -0.305. The van der Waals surface area contributed by atoms with Gasteiger partial charge >= 0.3 is 5.97 Å². The van der Waals surface area contributed by atoms with Crippen molar-refractivity contribution in [2.24, 2.45) is 0 Å². The fourth-order valence-electron chi connectivity index (χ4n) is 8.02. The molecular weight excluding hydrogens is 895 g/mol. The first-order chi connectivity index (χ1) is 34.7. The van der Waals surface area contributed by atoms with Gasteiger partial charge in [-0.25, -0.2) is 0 Å². The van der Waals surface area contributed by atoms with Gasteiger partial charge in [-0.05, 0) is 89.9 Å². The molecular formula is C60H101NO10. The van der Waals surface area contributed by atoms with Crippen LogP contribution >= 0.6 is 0 Å². The van der Waals surface area contributed by atoms with Gasteiger partial charge < -0.3 is 45.1 Å². The first kappa shape index (κ1) is 65.6. The van der Waals surface area contributed by atoms with Gasteiger partial charge in [-0.2, -0.15) is 0 Å². The highest BCUT2D eigenvalue weighted by Gasteiger charge is 2.47. The average Bonchev–Trinajstić information content (AvgIpc) is 3.37. The second kappa shape index (κ2) is 47.6. The number of ether oxygens (including phenoxy) is 3. The molecule has 0 saturated carbocycles. The van der Waals surface area contributed by atoms with Gasteiger partial charge in [-0.1, -0.05) is 208 Å². The Morgan fingerprint density at radius 1 is 0.563 bits per heavy atom. The summed E-state index contributed by atoms with van der Waals surface area (Å²) in [5.41, 5.74) is 0. The van der Waals surface area contributed by atoms with Gasteiger partial charge in [-0.3, -0.25) is 9.59 Å². The fourth-order valence-corrected chi connectivity index (χ4v) is 8.02. The van der Waals surface area contributed by atoms with Gasteiger partial charge in [0.15, 0.2) is 12.4 Å². The molecule has 1 aliphatic rings. The molecule has 0 aromatic heterocycles. The van der Waals surface area contributed by atoms with Crippen molar-refractivity contribution < 1.29 is 49.3 Å². The normalized spacial score (nSPS) is 20.4. The van der Waals surface area contributed by atoms with Crippen molar-refractivity contribution in [1.29, 1.82) is 0 Å². The summed E-state index contributed by atoms with van der Waals surface area (Å²) in [5.74, 6) is -1.31. The molecule has 0 bridgehead atoms.